The molecule has 2 N–H and O–H groups in total. The summed E-state index contributed by atoms with van der Waals surface area (Å²) in [5.41, 5.74) is 7.90. The van der Waals surface area contributed by atoms with E-state index in [2.05, 4.69) is 62.6 Å². The number of nitrogens with one attached hydrogen (secondary N) is 2. The number of rotatable bonds is 12. The van der Waals surface area contributed by atoms with Gasteiger partial charge in [0, 0.05) is 36.8 Å². The molecule has 8 nitrogen and oxygen atoms in total. The van der Waals surface area contributed by atoms with Crippen LogP contribution in [0.1, 0.15) is 45.5 Å². The standard InChI is InChI=1S/C39H46N2O6/c1-40-17-15-28-21-36(42-3)38(44-5)23-32(28)34(40)19-26-7-11-30(12-8-26)46-25-47-31-13-9-27(10-14-31)20-35-33-24-39(45-6)37(43-4)22-29(33)16-18-41(35)2/h7-14,21-24,34-35H,15-20,25H2,1-6H3/p+2. The second-order valence-electron chi connectivity index (χ2n) is 12.7. The fourth-order valence-electron chi connectivity index (χ4n) is 7.15. The maximum Gasteiger partial charge on any atom is 0.230 e. The number of benzene rings is 4. The number of quaternary nitrogens is 2. The molecule has 0 radical (unpaired) electrons. The zero-order valence-electron chi connectivity index (χ0n) is 28.5. The second-order valence-corrected chi connectivity index (χ2v) is 12.7. The van der Waals surface area contributed by atoms with E-state index in [1.165, 1.54) is 43.2 Å². The van der Waals surface area contributed by atoms with Crippen molar-refractivity contribution in [2.24, 2.45) is 0 Å². The van der Waals surface area contributed by atoms with Crippen molar-refractivity contribution < 1.29 is 38.2 Å². The van der Waals surface area contributed by atoms with E-state index in [-0.39, 0.29) is 6.79 Å². The molecule has 0 aliphatic carbocycles. The van der Waals surface area contributed by atoms with Gasteiger partial charge in [0.2, 0.25) is 6.79 Å². The Morgan fingerprint density at radius 3 is 1.26 bits per heavy atom. The van der Waals surface area contributed by atoms with Gasteiger partial charge in [0.05, 0.1) is 55.6 Å². The quantitative estimate of drug-likeness (QED) is 0.230. The van der Waals surface area contributed by atoms with Gasteiger partial charge in [-0.3, -0.25) is 0 Å². The first-order valence-electron chi connectivity index (χ1n) is 16.5. The Bertz CT molecular complexity index is 1530. The van der Waals surface area contributed by atoms with Crippen molar-refractivity contribution in [3.05, 3.63) is 106 Å². The fraction of sp³-hybridized carbons (Fsp3) is 0.385. The molecule has 47 heavy (non-hydrogen) atoms. The summed E-state index contributed by atoms with van der Waals surface area (Å²) < 4.78 is 34.2. The van der Waals surface area contributed by atoms with Gasteiger partial charge in [0.25, 0.3) is 0 Å². The van der Waals surface area contributed by atoms with Crippen molar-refractivity contribution >= 4 is 0 Å². The zero-order chi connectivity index (χ0) is 32.9. The van der Waals surface area contributed by atoms with Crippen molar-refractivity contribution in [3.63, 3.8) is 0 Å². The molecule has 2 aliphatic rings. The average Bonchev–Trinajstić information content (AvgIpc) is 3.10. The third-order valence-electron chi connectivity index (χ3n) is 9.99. The minimum atomic E-state index is 0.147. The van der Waals surface area contributed by atoms with Crippen LogP contribution in [0.15, 0.2) is 72.8 Å². The minimum absolute atomic E-state index is 0.147. The highest BCUT2D eigenvalue weighted by molar-refractivity contribution is 5.50. The number of hydrogen-bond acceptors (Lipinski definition) is 6. The van der Waals surface area contributed by atoms with Crippen LogP contribution in [0.4, 0.5) is 0 Å². The van der Waals surface area contributed by atoms with Crippen LogP contribution >= 0.6 is 0 Å². The Morgan fingerprint density at radius 2 is 0.894 bits per heavy atom. The van der Waals surface area contributed by atoms with Gasteiger partial charge in [-0.1, -0.05) is 24.3 Å². The van der Waals surface area contributed by atoms with Crippen molar-refractivity contribution in [2.45, 2.75) is 37.8 Å². The second kappa shape index (κ2) is 14.6. The lowest BCUT2D eigenvalue weighted by atomic mass is 9.88. The molecule has 4 unspecified atom stereocenters. The largest absolute Gasteiger partial charge is 0.493 e. The highest BCUT2D eigenvalue weighted by Crippen LogP contribution is 2.36. The summed E-state index contributed by atoms with van der Waals surface area (Å²) in [5, 5.41) is 0. The molecule has 0 amide bonds. The molecule has 0 saturated heterocycles. The van der Waals surface area contributed by atoms with Gasteiger partial charge in [0.15, 0.2) is 23.0 Å². The summed E-state index contributed by atoms with van der Waals surface area (Å²) in [7, 11) is 11.3. The summed E-state index contributed by atoms with van der Waals surface area (Å²) in [5.74, 6) is 4.75. The van der Waals surface area contributed by atoms with Crippen LogP contribution in [0.5, 0.6) is 34.5 Å². The number of hydrogen-bond donors (Lipinski definition) is 2. The maximum atomic E-state index is 5.95. The lowest BCUT2D eigenvalue weighted by molar-refractivity contribution is -0.914. The highest BCUT2D eigenvalue weighted by atomic mass is 16.7. The third-order valence-corrected chi connectivity index (χ3v) is 9.99. The number of ether oxygens (including phenoxy) is 6. The Hall–Kier alpha value is -4.40. The van der Waals surface area contributed by atoms with Crippen LogP contribution in [0.3, 0.4) is 0 Å². The van der Waals surface area contributed by atoms with Crippen molar-refractivity contribution in [2.75, 3.05) is 62.4 Å². The summed E-state index contributed by atoms with van der Waals surface area (Å²) in [6.45, 7) is 2.32. The Balaban J connectivity index is 1.03. The Kier molecular flexibility index (Phi) is 10.1. The fourth-order valence-corrected chi connectivity index (χ4v) is 7.15. The minimum Gasteiger partial charge on any atom is -0.493 e. The van der Waals surface area contributed by atoms with E-state index in [0.717, 1.165) is 73.3 Å². The van der Waals surface area contributed by atoms with Crippen molar-refractivity contribution in [1.29, 1.82) is 0 Å². The van der Waals surface area contributed by atoms with Crippen LogP contribution in [0.2, 0.25) is 0 Å². The summed E-state index contributed by atoms with van der Waals surface area (Å²) in [6, 6.07) is 26.0. The molecule has 6 rings (SSSR count). The Labute approximate surface area is 278 Å². The highest BCUT2D eigenvalue weighted by Gasteiger charge is 2.31. The predicted octanol–water partition coefficient (Wildman–Crippen LogP) is 3.85. The molecule has 8 heteroatoms. The van der Waals surface area contributed by atoms with Gasteiger partial charge >= 0.3 is 0 Å². The van der Waals surface area contributed by atoms with Gasteiger partial charge in [-0.2, -0.15) is 0 Å². The van der Waals surface area contributed by atoms with Gasteiger partial charge in [0.1, 0.15) is 23.6 Å². The van der Waals surface area contributed by atoms with Gasteiger partial charge in [-0.15, -0.1) is 0 Å². The Morgan fingerprint density at radius 1 is 0.532 bits per heavy atom. The van der Waals surface area contributed by atoms with Gasteiger partial charge < -0.3 is 38.2 Å². The predicted molar refractivity (Wildman–Crippen MR) is 182 cm³/mol. The number of methoxy groups -OCH3 is 4. The van der Waals surface area contributed by atoms with Crippen molar-refractivity contribution in [3.8, 4) is 34.5 Å². The van der Waals surface area contributed by atoms with E-state index >= 15 is 0 Å². The lowest BCUT2D eigenvalue weighted by Crippen LogP contribution is -3.10. The van der Waals surface area contributed by atoms with E-state index in [9.17, 15) is 0 Å². The van der Waals surface area contributed by atoms with E-state index < -0.39 is 0 Å². The van der Waals surface area contributed by atoms with Crippen molar-refractivity contribution in [1.82, 2.24) is 0 Å². The van der Waals surface area contributed by atoms with E-state index in [1.807, 2.05) is 24.3 Å². The molecule has 0 spiro atoms. The SMILES string of the molecule is COc1cc2c(cc1OC)C(Cc1ccc(OCOc3ccc(CC4c5cc(OC)c(OC)cc5CC[NH+]4C)cc3)cc1)[NH+](C)CC2. The zero-order valence-corrected chi connectivity index (χ0v) is 28.5. The molecule has 0 saturated carbocycles. The van der Waals surface area contributed by atoms with Crippen LogP contribution < -0.4 is 38.2 Å². The van der Waals surface area contributed by atoms with Gasteiger partial charge in [-0.25, -0.2) is 0 Å². The lowest BCUT2D eigenvalue weighted by Gasteiger charge is -2.32. The van der Waals surface area contributed by atoms with Gasteiger partial charge in [-0.05, 0) is 70.8 Å². The van der Waals surface area contributed by atoms with E-state index in [1.54, 1.807) is 28.4 Å². The summed E-state index contributed by atoms with van der Waals surface area (Å²) in [6.07, 6.45) is 3.94. The molecule has 2 aliphatic heterocycles. The molecular formula is C39H48N2O6+2. The smallest absolute Gasteiger partial charge is 0.230 e. The molecular weight excluding hydrogens is 592 g/mol. The summed E-state index contributed by atoms with van der Waals surface area (Å²) in [4.78, 5) is 3.00. The van der Waals surface area contributed by atoms with Crippen LogP contribution in [0, 0.1) is 0 Å². The van der Waals surface area contributed by atoms with Crippen LogP contribution in [-0.4, -0.2) is 62.4 Å². The maximum absolute atomic E-state index is 5.95. The first-order chi connectivity index (χ1) is 22.9. The first kappa shape index (κ1) is 32.5. The number of fused-ring (bicyclic) bond motifs is 2. The molecule has 0 fully saturated rings. The van der Waals surface area contributed by atoms with E-state index in [0.29, 0.717) is 12.1 Å². The number of likely N-dealkylation sites (N-methyl/N-ethyl adjacent to an activating group) is 2. The van der Waals surface area contributed by atoms with E-state index in [4.69, 9.17) is 28.4 Å². The molecule has 4 aromatic carbocycles. The normalized spacial score (nSPS) is 20.0. The third kappa shape index (κ3) is 7.14. The van der Waals surface area contributed by atoms with Crippen LogP contribution in [-0.2, 0) is 25.7 Å². The average molecular weight is 641 g/mol. The first-order valence-corrected chi connectivity index (χ1v) is 16.5. The molecule has 2 heterocycles. The summed E-state index contributed by atoms with van der Waals surface area (Å²) >= 11 is 0. The monoisotopic (exact) mass is 640 g/mol. The van der Waals surface area contributed by atoms with Crippen LogP contribution in [0.25, 0.3) is 0 Å². The topological polar surface area (TPSA) is 64.3 Å². The molecule has 0 aromatic heterocycles. The molecule has 4 atom stereocenters. The molecule has 248 valence electrons. The molecule has 0 bridgehead atoms. The molecule has 4 aromatic rings.